The fourth-order valence-electron chi connectivity index (χ4n) is 5.09. The van der Waals surface area contributed by atoms with Gasteiger partial charge < -0.3 is 10.2 Å². The van der Waals surface area contributed by atoms with Gasteiger partial charge in [0.25, 0.3) is 0 Å². The third-order valence-electron chi connectivity index (χ3n) is 6.71. The van der Waals surface area contributed by atoms with Gasteiger partial charge in [0.05, 0.1) is 31.7 Å². The van der Waals surface area contributed by atoms with E-state index in [1.165, 1.54) is 4.90 Å². The van der Waals surface area contributed by atoms with E-state index in [1.54, 1.807) is 0 Å². The van der Waals surface area contributed by atoms with Gasteiger partial charge in [0.2, 0.25) is 5.91 Å². The number of carbonyl (C=O) groups is 1. The summed E-state index contributed by atoms with van der Waals surface area (Å²) in [6.07, 6.45) is 4.27. The molecule has 6 rings (SSSR count). The number of quaternary nitrogens is 1. The molecule has 1 aromatic heterocycles. The lowest BCUT2D eigenvalue weighted by atomic mass is 9.75. The minimum absolute atomic E-state index is 0.129. The van der Waals surface area contributed by atoms with Crippen LogP contribution in [0.2, 0.25) is 0 Å². The van der Waals surface area contributed by atoms with Crippen LogP contribution in [-0.4, -0.2) is 40.0 Å². The van der Waals surface area contributed by atoms with Crippen molar-refractivity contribution < 1.29 is 9.69 Å². The zero-order valence-corrected chi connectivity index (χ0v) is 17.1. The number of aromatic nitrogens is 3. The zero-order chi connectivity index (χ0) is 20.3. The highest BCUT2D eigenvalue weighted by Gasteiger charge is 2.46. The summed E-state index contributed by atoms with van der Waals surface area (Å²) in [5, 5.41) is 11.9. The Balaban J connectivity index is 1.19. The molecule has 0 saturated carbocycles. The SMILES string of the molecule is O=C(NCc1ccccc1)[C@H]1C[NH+]2CC[C@H]1C[C@@H]2Cn1cc(-c2ccccc2)nn1. The molecule has 0 aliphatic carbocycles. The number of carbonyl (C=O) groups excluding carboxylic acids is 1. The van der Waals surface area contributed by atoms with E-state index in [-0.39, 0.29) is 11.8 Å². The third-order valence-corrected chi connectivity index (χ3v) is 6.71. The van der Waals surface area contributed by atoms with E-state index >= 15 is 0 Å². The van der Waals surface area contributed by atoms with E-state index < -0.39 is 0 Å². The number of amides is 1. The predicted octanol–water partition coefficient (Wildman–Crippen LogP) is 1.55. The Bertz CT molecular complexity index is 987. The maximum atomic E-state index is 12.8. The van der Waals surface area contributed by atoms with E-state index in [2.05, 4.69) is 39.9 Å². The van der Waals surface area contributed by atoms with Gasteiger partial charge in [0, 0.05) is 24.9 Å². The highest BCUT2D eigenvalue weighted by Crippen LogP contribution is 2.28. The van der Waals surface area contributed by atoms with E-state index in [0.717, 1.165) is 49.3 Å². The van der Waals surface area contributed by atoms with Crippen molar-refractivity contribution in [1.29, 1.82) is 0 Å². The first-order valence-electron chi connectivity index (χ1n) is 10.9. The van der Waals surface area contributed by atoms with Crippen LogP contribution in [0.3, 0.4) is 0 Å². The van der Waals surface area contributed by atoms with Crippen LogP contribution in [0.4, 0.5) is 0 Å². The molecule has 3 aliphatic heterocycles. The average molecular weight is 403 g/mol. The fraction of sp³-hybridized carbons (Fsp3) is 0.375. The van der Waals surface area contributed by atoms with Crippen molar-refractivity contribution in [2.75, 3.05) is 13.1 Å². The molecule has 2 N–H and O–H groups in total. The molecule has 4 heterocycles. The summed E-state index contributed by atoms with van der Waals surface area (Å²) < 4.78 is 1.98. The molecule has 0 spiro atoms. The van der Waals surface area contributed by atoms with Gasteiger partial charge >= 0.3 is 0 Å². The van der Waals surface area contributed by atoms with Gasteiger partial charge in [-0.05, 0) is 11.5 Å². The lowest BCUT2D eigenvalue weighted by Gasteiger charge is -2.46. The standard InChI is InChI=1S/C24H27N5O/c30-24(25-14-18-7-3-1-4-8-18)22-16-28-12-11-20(22)13-21(28)15-29-17-23(26-27-29)19-9-5-2-6-10-19/h1-10,17,20-22H,11-16H2,(H,25,30)/p+1/t20-,21+,22-/m0/s1. The van der Waals surface area contributed by atoms with Crippen LogP contribution in [0.25, 0.3) is 11.3 Å². The Kier molecular flexibility index (Phi) is 5.32. The Morgan fingerprint density at radius 2 is 1.87 bits per heavy atom. The van der Waals surface area contributed by atoms with Crippen LogP contribution in [0.5, 0.6) is 0 Å². The number of rotatable bonds is 6. The van der Waals surface area contributed by atoms with Gasteiger partial charge in [0.15, 0.2) is 0 Å². The second kappa shape index (κ2) is 8.40. The van der Waals surface area contributed by atoms with E-state index in [0.29, 0.717) is 18.5 Å². The molecule has 2 bridgehead atoms. The first-order valence-corrected chi connectivity index (χ1v) is 10.9. The topological polar surface area (TPSA) is 64.2 Å². The third kappa shape index (κ3) is 4.00. The van der Waals surface area contributed by atoms with Gasteiger partial charge in [-0.15, -0.1) is 5.10 Å². The Morgan fingerprint density at radius 1 is 1.10 bits per heavy atom. The molecular weight excluding hydrogens is 374 g/mol. The number of nitrogens with one attached hydrogen (secondary N) is 2. The smallest absolute Gasteiger partial charge is 0.229 e. The van der Waals surface area contributed by atoms with Crippen molar-refractivity contribution in [3.8, 4) is 11.3 Å². The highest BCUT2D eigenvalue weighted by molar-refractivity contribution is 5.79. The maximum Gasteiger partial charge on any atom is 0.229 e. The predicted molar refractivity (Wildman–Crippen MR) is 114 cm³/mol. The molecule has 1 amide bonds. The van der Waals surface area contributed by atoms with Crippen LogP contribution in [0.15, 0.2) is 66.9 Å². The van der Waals surface area contributed by atoms with Gasteiger partial charge in [-0.3, -0.25) is 4.79 Å². The second-order valence-corrected chi connectivity index (χ2v) is 8.60. The molecule has 30 heavy (non-hydrogen) atoms. The number of fused-ring (bicyclic) bond motifs is 3. The summed E-state index contributed by atoms with van der Waals surface area (Å²) in [6.45, 7) is 3.56. The summed E-state index contributed by atoms with van der Waals surface area (Å²) in [4.78, 5) is 14.4. The normalized spacial score (nSPS) is 25.2. The first kappa shape index (κ1) is 19.0. The summed E-state index contributed by atoms with van der Waals surface area (Å²) >= 11 is 0. The van der Waals surface area contributed by atoms with Gasteiger partial charge in [0.1, 0.15) is 11.7 Å². The van der Waals surface area contributed by atoms with Crippen molar-refractivity contribution in [1.82, 2.24) is 20.3 Å². The van der Waals surface area contributed by atoms with Crippen molar-refractivity contribution in [3.63, 3.8) is 0 Å². The second-order valence-electron chi connectivity index (χ2n) is 8.60. The minimum atomic E-state index is 0.129. The molecule has 6 heteroatoms. The van der Waals surface area contributed by atoms with Gasteiger partial charge in [-0.2, -0.15) is 0 Å². The van der Waals surface area contributed by atoms with Crippen LogP contribution >= 0.6 is 0 Å². The largest absolute Gasteiger partial charge is 0.352 e. The van der Waals surface area contributed by atoms with Crippen LogP contribution in [0.1, 0.15) is 18.4 Å². The summed E-state index contributed by atoms with van der Waals surface area (Å²) in [5.41, 5.74) is 3.16. The van der Waals surface area contributed by atoms with Crippen molar-refractivity contribution >= 4 is 5.91 Å². The molecule has 3 aliphatic rings. The monoisotopic (exact) mass is 402 g/mol. The molecule has 0 radical (unpaired) electrons. The summed E-state index contributed by atoms with van der Waals surface area (Å²) in [7, 11) is 0. The van der Waals surface area contributed by atoms with E-state index in [1.807, 2.05) is 47.3 Å². The highest BCUT2D eigenvalue weighted by atomic mass is 16.1. The number of nitrogens with zero attached hydrogens (tertiary/aromatic N) is 3. The molecule has 4 atom stereocenters. The molecule has 3 aromatic rings. The summed E-state index contributed by atoms with van der Waals surface area (Å²) in [5.74, 6) is 0.816. The molecule has 1 unspecified atom stereocenters. The summed E-state index contributed by atoms with van der Waals surface area (Å²) in [6, 6.07) is 20.8. The van der Waals surface area contributed by atoms with Gasteiger partial charge in [-0.1, -0.05) is 65.9 Å². The zero-order valence-electron chi connectivity index (χ0n) is 17.1. The lowest BCUT2D eigenvalue weighted by molar-refractivity contribution is -0.945. The van der Waals surface area contributed by atoms with E-state index in [9.17, 15) is 4.79 Å². The Hall–Kier alpha value is -2.99. The van der Waals surface area contributed by atoms with Crippen molar-refractivity contribution in [2.24, 2.45) is 11.8 Å². The maximum absolute atomic E-state index is 12.8. The molecular formula is C24H28N5O+. The Morgan fingerprint density at radius 3 is 2.60 bits per heavy atom. The number of hydrogen-bond donors (Lipinski definition) is 2. The van der Waals surface area contributed by atoms with Crippen molar-refractivity contribution in [2.45, 2.75) is 32.0 Å². The van der Waals surface area contributed by atoms with Crippen LogP contribution in [0, 0.1) is 11.8 Å². The van der Waals surface area contributed by atoms with Crippen LogP contribution < -0.4 is 10.2 Å². The molecule has 3 saturated heterocycles. The average Bonchev–Trinajstić information content (AvgIpc) is 3.28. The van der Waals surface area contributed by atoms with Crippen molar-refractivity contribution in [3.05, 3.63) is 72.4 Å². The quantitative estimate of drug-likeness (QED) is 0.658. The number of benzene rings is 2. The molecule has 3 fully saturated rings. The molecule has 2 aromatic carbocycles. The molecule has 154 valence electrons. The number of piperidine rings is 3. The fourth-order valence-corrected chi connectivity index (χ4v) is 5.09. The molecule has 6 nitrogen and oxygen atoms in total. The Labute approximate surface area is 176 Å². The van der Waals surface area contributed by atoms with Crippen LogP contribution in [-0.2, 0) is 17.9 Å². The first-order chi connectivity index (χ1) is 14.8. The lowest BCUT2D eigenvalue weighted by Crippen LogP contribution is -3.20. The van der Waals surface area contributed by atoms with E-state index in [4.69, 9.17) is 0 Å². The van der Waals surface area contributed by atoms with Gasteiger partial charge in [-0.25, -0.2) is 4.68 Å². The minimum Gasteiger partial charge on any atom is -0.352 e. The number of hydrogen-bond acceptors (Lipinski definition) is 3.